The molecule has 3 rings (SSSR count). The van der Waals surface area contributed by atoms with Crippen LogP contribution in [0.25, 0.3) is 10.8 Å². The second kappa shape index (κ2) is 6.78. The molecule has 1 saturated heterocycles. The number of nitrogens with one attached hydrogen (secondary N) is 1. The molecule has 0 aromatic heterocycles. The highest BCUT2D eigenvalue weighted by Gasteiger charge is 2.18. The Labute approximate surface area is 125 Å². The van der Waals surface area contributed by atoms with Gasteiger partial charge >= 0.3 is 0 Å². The minimum Gasteiger partial charge on any atom is -0.465 e. The van der Waals surface area contributed by atoms with Crippen LogP contribution in [0.5, 0.6) is 5.75 Å². The molecule has 1 fully saturated rings. The fourth-order valence-corrected chi connectivity index (χ4v) is 2.75. The molecule has 21 heavy (non-hydrogen) atoms. The number of rotatable bonds is 5. The highest BCUT2D eigenvalue weighted by Crippen LogP contribution is 2.36. The molecule has 1 aliphatic heterocycles. The smallest absolute Gasteiger partial charge is 0.189 e. The van der Waals surface area contributed by atoms with Gasteiger partial charge in [-0.3, -0.25) is 0 Å². The molecule has 112 valence electrons. The zero-order valence-electron chi connectivity index (χ0n) is 12.5. The number of anilines is 1. The molecular weight excluding hydrogens is 264 g/mol. The van der Waals surface area contributed by atoms with Gasteiger partial charge in [-0.05, 0) is 18.4 Å². The molecule has 0 atom stereocenters. The average Bonchev–Trinajstić information content (AvgIpc) is 2.55. The number of piperazine rings is 1. The van der Waals surface area contributed by atoms with E-state index in [2.05, 4.69) is 46.6 Å². The van der Waals surface area contributed by atoms with Gasteiger partial charge in [0.25, 0.3) is 0 Å². The Morgan fingerprint density at radius 2 is 1.90 bits per heavy atom. The minimum absolute atomic E-state index is 0.300. The Morgan fingerprint density at radius 1 is 1.10 bits per heavy atom. The molecule has 0 radical (unpaired) electrons. The summed E-state index contributed by atoms with van der Waals surface area (Å²) in [5.74, 6) is 0.907. The molecule has 1 heterocycles. The van der Waals surface area contributed by atoms with Crippen LogP contribution in [0.1, 0.15) is 6.92 Å². The molecule has 2 aromatic rings. The zero-order chi connectivity index (χ0) is 14.5. The Hall–Kier alpha value is -1.78. The van der Waals surface area contributed by atoms with E-state index in [9.17, 15) is 0 Å². The molecule has 0 amide bonds. The Kier molecular flexibility index (Phi) is 4.58. The third-order valence-corrected chi connectivity index (χ3v) is 3.80. The molecular formula is C17H22N2O2. The summed E-state index contributed by atoms with van der Waals surface area (Å²) in [5, 5.41) is 5.89. The molecule has 0 aliphatic carbocycles. The maximum atomic E-state index is 5.85. The second-order valence-corrected chi connectivity index (χ2v) is 5.13. The molecule has 0 bridgehead atoms. The maximum Gasteiger partial charge on any atom is 0.189 e. The number of fused-ring (bicyclic) bond motifs is 1. The van der Waals surface area contributed by atoms with E-state index in [-0.39, 0.29) is 0 Å². The highest BCUT2D eigenvalue weighted by molar-refractivity contribution is 5.97. The predicted molar refractivity (Wildman–Crippen MR) is 86.2 cm³/mol. The monoisotopic (exact) mass is 286 g/mol. The third kappa shape index (κ3) is 3.12. The molecule has 4 heteroatoms. The molecule has 0 unspecified atom stereocenters. The predicted octanol–water partition coefficient (Wildman–Crippen LogP) is 2.62. The molecule has 0 spiro atoms. The van der Waals surface area contributed by atoms with Crippen molar-refractivity contribution in [3.63, 3.8) is 0 Å². The van der Waals surface area contributed by atoms with Crippen molar-refractivity contribution in [1.82, 2.24) is 5.32 Å². The van der Waals surface area contributed by atoms with Crippen molar-refractivity contribution in [2.75, 3.05) is 44.5 Å². The summed E-state index contributed by atoms with van der Waals surface area (Å²) in [6.45, 7) is 6.95. The molecule has 0 saturated carbocycles. The van der Waals surface area contributed by atoms with E-state index in [1.54, 1.807) is 0 Å². The summed E-state index contributed by atoms with van der Waals surface area (Å²) < 4.78 is 11.2. The van der Waals surface area contributed by atoms with Gasteiger partial charge in [-0.2, -0.15) is 0 Å². The van der Waals surface area contributed by atoms with Crippen LogP contribution in [0.4, 0.5) is 5.69 Å². The van der Waals surface area contributed by atoms with Crippen LogP contribution in [0.3, 0.4) is 0 Å². The number of ether oxygens (including phenoxy) is 2. The van der Waals surface area contributed by atoms with Crippen molar-refractivity contribution in [2.24, 2.45) is 0 Å². The van der Waals surface area contributed by atoms with Crippen molar-refractivity contribution in [1.29, 1.82) is 0 Å². The quantitative estimate of drug-likeness (QED) is 0.677. The van der Waals surface area contributed by atoms with Gasteiger partial charge in [0.05, 0.1) is 5.69 Å². The van der Waals surface area contributed by atoms with Crippen molar-refractivity contribution < 1.29 is 9.47 Å². The maximum absolute atomic E-state index is 5.85. The Morgan fingerprint density at radius 3 is 2.71 bits per heavy atom. The van der Waals surface area contributed by atoms with Crippen LogP contribution in [-0.2, 0) is 4.74 Å². The summed E-state index contributed by atoms with van der Waals surface area (Å²) in [5.41, 5.74) is 1.19. The summed E-state index contributed by atoms with van der Waals surface area (Å²) >= 11 is 0. The van der Waals surface area contributed by atoms with E-state index in [1.807, 2.05) is 6.92 Å². The summed E-state index contributed by atoms with van der Waals surface area (Å²) in [4.78, 5) is 2.40. The number of hydrogen-bond donors (Lipinski definition) is 1. The van der Waals surface area contributed by atoms with Crippen molar-refractivity contribution in [3.05, 3.63) is 36.4 Å². The lowest BCUT2D eigenvalue weighted by atomic mass is 10.1. The van der Waals surface area contributed by atoms with Crippen molar-refractivity contribution in [2.45, 2.75) is 6.92 Å². The van der Waals surface area contributed by atoms with Gasteiger partial charge in [0, 0.05) is 38.2 Å². The Bertz CT molecular complexity index is 594. The summed E-state index contributed by atoms with van der Waals surface area (Å²) in [6, 6.07) is 12.6. The SMILES string of the molecule is CCOCOc1ccc2ccccc2c1N1CCNCC1. The summed E-state index contributed by atoms with van der Waals surface area (Å²) in [6.07, 6.45) is 0. The average molecular weight is 286 g/mol. The van der Waals surface area contributed by atoms with Crippen LogP contribution >= 0.6 is 0 Å². The van der Waals surface area contributed by atoms with Crippen LogP contribution in [0.15, 0.2) is 36.4 Å². The molecule has 1 aliphatic rings. The lowest BCUT2D eigenvalue weighted by Crippen LogP contribution is -2.43. The van der Waals surface area contributed by atoms with Crippen LogP contribution in [0, 0.1) is 0 Å². The van der Waals surface area contributed by atoms with Crippen molar-refractivity contribution in [3.8, 4) is 5.75 Å². The van der Waals surface area contributed by atoms with E-state index in [4.69, 9.17) is 9.47 Å². The first-order chi connectivity index (χ1) is 10.4. The lowest BCUT2D eigenvalue weighted by molar-refractivity contribution is 0.0227. The number of hydrogen-bond acceptors (Lipinski definition) is 4. The van der Waals surface area contributed by atoms with Gasteiger partial charge in [-0.15, -0.1) is 0 Å². The van der Waals surface area contributed by atoms with E-state index in [1.165, 1.54) is 16.5 Å². The van der Waals surface area contributed by atoms with Crippen LogP contribution in [-0.4, -0.2) is 39.6 Å². The molecule has 4 nitrogen and oxygen atoms in total. The topological polar surface area (TPSA) is 33.7 Å². The van der Waals surface area contributed by atoms with E-state index < -0.39 is 0 Å². The lowest BCUT2D eigenvalue weighted by Gasteiger charge is -2.31. The number of nitrogens with zero attached hydrogens (tertiary/aromatic N) is 1. The first kappa shape index (κ1) is 14.2. The fraction of sp³-hybridized carbons (Fsp3) is 0.412. The first-order valence-corrected chi connectivity index (χ1v) is 7.58. The molecule has 2 aromatic carbocycles. The highest BCUT2D eigenvalue weighted by atomic mass is 16.7. The van der Waals surface area contributed by atoms with Gasteiger partial charge in [0.1, 0.15) is 5.75 Å². The van der Waals surface area contributed by atoms with Gasteiger partial charge in [-0.25, -0.2) is 0 Å². The summed E-state index contributed by atoms with van der Waals surface area (Å²) in [7, 11) is 0. The van der Waals surface area contributed by atoms with Crippen molar-refractivity contribution >= 4 is 16.5 Å². The fourth-order valence-electron chi connectivity index (χ4n) is 2.75. The largest absolute Gasteiger partial charge is 0.465 e. The first-order valence-electron chi connectivity index (χ1n) is 7.58. The van der Waals surface area contributed by atoms with E-state index >= 15 is 0 Å². The van der Waals surface area contributed by atoms with Gasteiger partial charge in [0.2, 0.25) is 0 Å². The van der Waals surface area contributed by atoms with Crippen LogP contribution < -0.4 is 15.0 Å². The van der Waals surface area contributed by atoms with E-state index in [0.717, 1.165) is 31.9 Å². The minimum atomic E-state index is 0.300. The zero-order valence-corrected chi connectivity index (χ0v) is 12.5. The normalized spacial score (nSPS) is 15.4. The van der Waals surface area contributed by atoms with Gasteiger partial charge in [0.15, 0.2) is 6.79 Å². The molecule has 1 N–H and O–H groups in total. The van der Waals surface area contributed by atoms with Gasteiger partial charge in [-0.1, -0.05) is 30.3 Å². The van der Waals surface area contributed by atoms with Gasteiger partial charge < -0.3 is 19.7 Å². The third-order valence-electron chi connectivity index (χ3n) is 3.80. The standard InChI is InChI=1S/C17H22N2O2/c1-2-20-13-21-16-8-7-14-5-3-4-6-15(14)17(16)19-11-9-18-10-12-19/h3-8,18H,2,9-13H2,1H3. The van der Waals surface area contributed by atoms with Crippen LogP contribution in [0.2, 0.25) is 0 Å². The van der Waals surface area contributed by atoms with E-state index in [0.29, 0.717) is 13.4 Å². The number of benzene rings is 2. The second-order valence-electron chi connectivity index (χ2n) is 5.13. The Balaban J connectivity index is 1.99.